The molecule has 1 saturated heterocycles. The molecule has 0 saturated carbocycles. The molecule has 2 unspecified atom stereocenters. The summed E-state index contributed by atoms with van der Waals surface area (Å²) >= 11 is 3.10. The Morgan fingerprint density at radius 3 is 2.65 bits per heavy atom. The van der Waals surface area contributed by atoms with Gasteiger partial charge in [-0.05, 0) is 54.4 Å². The molecule has 0 radical (unpaired) electrons. The minimum absolute atomic E-state index is 0.189. The second kappa shape index (κ2) is 5.16. The van der Waals surface area contributed by atoms with Gasteiger partial charge in [-0.25, -0.2) is 4.39 Å². The van der Waals surface area contributed by atoms with Gasteiger partial charge < -0.3 is 5.32 Å². The fraction of sp³-hybridized carbons (Fsp3) is 0.429. The SMILES string of the molecule is CCC1(C)NC(=O)C(C)N(c2ccc(F)c(Br)c2)C1=O. The summed E-state index contributed by atoms with van der Waals surface area (Å²) in [4.78, 5) is 26.1. The van der Waals surface area contributed by atoms with Gasteiger partial charge in [0.15, 0.2) is 0 Å². The molecule has 1 N–H and O–H groups in total. The second-order valence-electron chi connectivity index (χ2n) is 5.12. The lowest BCUT2D eigenvalue weighted by Crippen LogP contribution is -2.68. The fourth-order valence-corrected chi connectivity index (χ4v) is 2.57. The number of carbonyl (C=O) groups excluding carboxylic acids is 2. The molecule has 108 valence electrons. The number of anilines is 1. The van der Waals surface area contributed by atoms with Gasteiger partial charge in [0.25, 0.3) is 5.91 Å². The number of carbonyl (C=O) groups is 2. The Balaban J connectivity index is 2.48. The zero-order valence-electron chi connectivity index (χ0n) is 11.5. The van der Waals surface area contributed by atoms with Crippen LogP contribution >= 0.6 is 15.9 Å². The van der Waals surface area contributed by atoms with Crippen molar-refractivity contribution in [3.8, 4) is 0 Å². The van der Waals surface area contributed by atoms with E-state index < -0.39 is 17.4 Å². The molecule has 1 aromatic carbocycles. The molecule has 1 aliphatic rings. The van der Waals surface area contributed by atoms with Crippen molar-refractivity contribution in [1.29, 1.82) is 0 Å². The predicted molar refractivity (Wildman–Crippen MR) is 77.9 cm³/mol. The number of hydrogen-bond donors (Lipinski definition) is 1. The van der Waals surface area contributed by atoms with E-state index in [4.69, 9.17) is 0 Å². The molecule has 2 amide bonds. The number of piperazine rings is 1. The average molecular weight is 343 g/mol. The number of rotatable bonds is 2. The van der Waals surface area contributed by atoms with Crippen LogP contribution in [0.5, 0.6) is 0 Å². The first-order valence-electron chi connectivity index (χ1n) is 6.41. The summed E-state index contributed by atoms with van der Waals surface area (Å²) in [6.07, 6.45) is 0.489. The van der Waals surface area contributed by atoms with Gasteiger partial charge in [-0.15, -0.1) is 0 Å². The van der Waals surface area contributed by atoms with Gasteiger partial charge in [-0.3, -0.25) is 14.5 Å². The van der Waals surface area contributed by atoms with Gasteiger partial charge in [-0.1, -0.05) is 6.92 Å². The molecule has 4 nitrogen and oxygen atoms in total. The van der Waals surface area contributed by atoms with Crippen molar-refractivity contribution < 1.29 is 14.0 Å². The number of amides is 2. The third-order valence-electron chi connectivity index (χ3n) is 3.75. The van der Waals surface area contributed by atoms with Crippen LogP contribution in [0.15, 0.2) is 22.7 Å². The first-order chi connectivity index (χ1) is 9.30. The van der Waals surface area contributed by atoms with Crippen LogP contribution in [0.4, 0.5) is 10.1 Å². The largest absolute Gasteiger partial charge is 0.340 e. The van der Waals surface area contributed by atoms with Crippen molar-refractivity contribution in [1.82, 2.24) is 5.32 Å². The molecule has 1 fully saturated rings. The van der Waals surface area contributed by atoms with E-state index in [0.717, 1.165) is 0 Å². The van der Waals surface area contributed by atoms with Crippen molar-refractivity contribution >= 4 is 33.4 Å². The van der Waals surface area contributed by atoms with Crippen LogP contribution in [0.3, 0.4) is 0 Å². The minimum atomic E-state index is -0.926. The summed E-state index contributed by atoms with van der Waals surface area (Å²) in [6, 6.07) is 3.66. The van der Waals surface area contributed by atoms with E-state index in [1.807, 2.05) is 6.92 Å². The molecule has 2 atom stereocenters. The summed E-state index contributed by atoms with van der Waals surface area (Å²) in [5.74, 6) is -0.812. The Kier molecular flexibility index (Phi) is 3.86. The maximum atomic E-state index is 13.3. The lowest BCUT2D eigenvalue weighted by molar-refractivity contribution is -0.137. The van der Waals surface area contributed by atoms with E-state index in [1.165, 1.54) is 23.1 Å². The highest BCUT2D eigenvalue weighted by Crippen LogP contribution is 2.30. The summed E-state index contributed by atoms with van der Waals surface area (Å²) < 4.78 is 13.6. The zero-order chi connectivity index (χ0) is 15.1. The molecule has 0 aromatic heterocycles. The van der Waals surface area contributed by atoms with E-state index in [2.05, 4.69) is 21.2 Å². The topological polar surface area (TPSA) is 49.4 Å². The van der Waals surface area contributed by atoms with Crippen LogP contribution in [0.2, 0.25) is 0 Å². The third kappa shape index (κ3) is 2.32. The summed E-state index contributed by atoms with van der Waals surface area (Å²) in [6.45, 7) is 5.19. The molecule has 0 spiro atoms. The molecule has 2 rings (SSSR count). The maximum Gasteiger partial charge on any atom is 0.253 e. The standard InChI is InChI=1S/C14H16BrFN2O2/c1-4-14(3)13(20)18(8(2)12(19)17-14)9-5-6-11(16)10(15)7-9/h5-8H,4H2,1-3H3,(H,17,19). The summed E-state index contributed by atoms with van der Waals surface area (Å²) in [7, 11) is 0. The Bertz CT molecular complexity index is 578. The minimum Gasteiger partial charge on any atom is -0.340 e. The van der Waals surface area contributed by atoms with Crippen molar-refractivity contribution in [3.05, 3.63) is 28.5 Å². The Morgan fingerprint density at radius 2 is 2.10 bits per heavy atom. The van der Waals surface area contributed by atoms with Crippen molar-refractivity contribution in [3.63, 3.8) is 0 Å². The van der Waals surface area contributed by atoms with Crippen LogP contribution in [0.25, 0.3) is 0 Å². The van der Waals surface area contributed by atoms with Gasteiger partial charge >= 0.3 is 0 Å². The van der Waals surface area contributed by atoms with Gasteiger partial charge in [-0.2, -0.15) is 0 Å². The zero-order valence-corrected chi connectivity index (χ0v) is 13.1. The van der Waals surface area contributed by atoms with Crippen LogP contribution < -0.4 is 10.2 Å². The smallest absolute Gasteiger partial charge is 0.253 e. The molecule has 0 aliphatic carbocycles. The summed E-state index contributed by atoms with van der Waals surface area (Å²) in [5.41, 5.74) is -0.421. The molecular weight excluding hydrogens is 327 g/mol. The quantitative estimate of drug-likeness (QED) is 0.898. The first kappa shape index (κ1) is 15.0. The van der Waals surface area contributed by atoms with Crippen LogP contribution in [-0.2, 0) is 9.59 Å². The lowest BCUT2D eigenvalue weighted by Gasteiger charge is -2.43. The van der Waals surface area contributed by atoms with E-state index >= 15 is 0 Å². The molecule has 6 heteroatoms. The van der Waals surface area contributed by atoms with Crippen LogP contribution in [0.1, 0.15) is 27.2 Å². The van der Waals surface area contributed by atoms with Gasteiger partial charge in [0.05, 0.1) is 4.47 Å². The predicted octanol–water partition coefficient (Wildman–Crippen LogP) is 2.61. The molecule has 1 aliphatic heterocycles. The summed E-state index contributed by atoms with van der Waals surface area (Å²) in [5, 5.41) is 2.75. The highest BCUT2D eigenvalue weighted by atomic mass is 79.9. The fourth-order valence-electron chi connectivity index (χ4n) is 2.20. The number of halogens is 2. The normalized spacial score (nSPS) is 26.6. The third-order valence-corrected chi connectivity index (χ3v) is 4.35. The molecule has 1 heterocycles. The Labute approximate surface area is 125 Å². The van der Waals surface area contributed by atoms with E-state index in [0.29, 0.717) is 12.1 Å². The monoisotopic (exact) mass is 342 g/mol. The van der Waals surface area contributed by atoms with E-state index in [1.54, 1.807) is 13.8 Å². The number of benzene rings is 1. The van der Waals surface area contributed by atoms with E-state index in [9.17, 15) is 14.0 Å². The highest BCUT2D eigenvalue weighted by Gasteiger charge is 2.46. The van der Waals surface area contributed by atoms with Crippen LogP contribution in [-0.4, -0.2) is 23.4 Å². The number of nitrogens with zero attached hydrogens (tertiary/aromatic N) is 1. The Morgan fingerprint density at radius 1 is 1.45 bits per heavy atom. The van der Waals surface area contributed by atoms with Crippen molar-refractivity contribution in [2.75, 3.05) is 4.90 Å². The van der Waals surface area contributed by atoms with Crippen molar-refractivity contribution in [2.24, 2.45) is 0 Å². The van der Waals surface area contributed by atoms with Gasteiger partial charge in [0.1, 0.15) is 17.4 Å². The molecule has 1 aromatic rings. The molecule has 20 heavy (non-hydrogen) atoms. The average Bonchev–Trinajstić information content (AvgIpc) is 2.41. The highest BCUT2D eigenvalue weighted by molar-refractivity contribution is 9.10. The number of nitrogens with one attached hydrogen (secondary N) is 1. The number of hydrogen-bond acceptors (Lipinski definition) is 2. The van der Waals surface area contributed by atoms with Gasteiger partial charge in [0, 0.05) is 5.69 Å². The molecule has 0 bridgehead atoms. The Hall–Kier alpha value is -1.43. The van der Waals surface area contributed by atoms with Gasteiger partial charge in [0.2, 0.25) is 5.91 Å². The van der Waals surface area contributed by atoms with Crippen LogP contribution in [0, 0.1) is 5.82 Å². The van der Waals surface area contributed by atoms with E-state index in [-0.39, 0.29) is 16.3 Å². The van der Waals surface area contributed by atoms with Crippen molar-refractivity contribution in [2.45, 2.75) is 38.8 Å². The second-order valence-corrected chi connectivity index (χ2v) is 5.98. The first-order valence-corrected chi connectivity index (χ1v) is 7.20. The molecular formula is C14H16BrFN2O2. The lowest BCUT2D eigenvalue weighted by atomic mass is 9.92. The maximum absolute atomic E-state index is 13.3.